The van der Waals surface area contributed by atoms with Gasteiger partial charge in [0.15, 0.2) is 0 Å². The van der Waals surface area contributed by atoms with Crippen LogP contribution in [0.2, 0.25) is 0 Å². The second-order valence-corrected chi connectivity index (χ2v) is 5.59. The van der Waals surface area contributed by atoms with Gasteiger partial charge in [-0.05, 0) is 44.4 Å². The van der Waals surface area contributed by atoms with Crippen LogP contribution in [0, 0.1) is 11.3 Å². The van der Waals surface area contributed by atoms with Crippen LogP contribution < -0.4 is 0 Å². The molecule has 1 aromatic heterocycles. The maximum absolute atomic E-state index is 9.03. The van der Waals surface area contributed by atoms with Gasteiger partial charge in [-0.25, -0.2) is 4.98 Å². The molecule has 0 spiro atoms. The van der Waals surface area contributed by atoms with E-state index in [1.165, 1.54) is 0 Å². The lowest BCUT2D eigenvalue weighted by Crippen LogP contribution is -2.25. The maximum atomic E-state index is 9.03. The number of aromatic nitrogens is 2. The van der Waals surface area contributed by atoms with Crippen molar-refractivity contribution in [1.82, 2.24) is 9.55 Å². The fraction of sp³-hybridized carbons (Fsp3) is 0.500. The molecule has 104 valence electrons. The van der Waals surface area contributed by atoms with E-state index in [2.05, 4.69) is 24.5 Å². The zero-order valence-electron chi connectivity index (χ0n) is 12.0. The highest BCUT2D eigenvalue weighted by Gasteiger charge is 2.36. The zero-order chi connectivity index (χ0) is 14.2. The third kappa shape index (κ3) is 1.99. The molecule has 2 aromatic rings. The number of nitriles is 1. The highest BCUT2D eigenvalue weighted by Crippen LogP contribution is 2.36. The Hall–Kier alpha value is -1.86. The molecule has 4 nitrogen and oxygen atoms in total. The van der Waals surface area contributed by atoms with Crippen LogP contribution in [-0.2, 0) is 16.9 Å². The highest BCUT2D eigenvalue weighted by molar-refractivity contribution is 5.78. The molecule has 20 heavy (non-hydrogen) atoms. The van der Waals surface area contributed by atoms with Gasteiger partial charge in [0.25, 0.3) is 0 Å². The molecule has 2 heterocycles. The molecular formula is C16H19N3O. The Morgan fingerprint density at radius 2 is 2.35 bits per heavy atom. The van der Waals surface area contributed by atoms with Gasteiger partial charge in [0.1, 0.15) is 11.4 Å². The predicted molar refractivity (Wildman–Crippen MR) is 77.3 cm³/mol. The Labute approximate surface area is 119 Å². The van der Waals surface area contributed by atoms with Gasteiger partial charge < -0.3 is 9.30 Å². The molecule has 0 saturated carbocycles. The number of hydrogen-bond acceptors (Lipinski definition) is 3. The van der Waals surface area contributed by atoms with E-state index in [0.29, 0.717) is 5.56 Å². The van der Waals surface area contributed by atoms with Gasteiger partial charge >= 0.3 is 0 Å². The number of nitrogens with zero attached hydrogens (tertiary/aromatic N) is 3. The molecule has 1 aromatic carbocycles. The molecule has 4 heteroatoms. The van der Waals surface area contributed by atoms with Gasteiger partial charge in [0, 0.05) is 13.2 Å². The van der Waals surface area contributed by atoms with Crippen molar-refractivity contribution >= 4 is 11.0 Å². The molecule has 0 N–H and O–H groups in total. The number of imidazole rings is 1. The van der Waals surface area contributed by atoms with Gasteiger partial charge in [-0.15, -0.1) is 0 Å². The Bertz CT molecular complexity index is 675. The van der Waals surface area contributed by atoms with Crippen LogP contribution in [0.1, 0.15) is 44.5 Å². The minimum absolute atomic E-state index is 0.291. The summed E-state index contributed by atoms with van der Waals surface area (Å²) in [4.78, 5) is 4.78. The summed E-state index contributed by atoms with van der Waals surface area (Å²) < 4.78 is 8.20. The van der Waals surface area contributed by atoms with Crippen LogP contribution in [0.3, 0.4) is 0 Å². The van der Waals surface area contributed by atoms with Crippen molar-refractivity contribution < 1.29 is 4.74 Å². The van der Waals surface area contributed by atoms with E-state index in [9.17, 15) is 0 Å². The van der Waals surface area contributed by atoms with Crippen molar-refractivity contribution in [3.63, 3.8) is 0 Å². The van der Waals surface area contributed by atoms with Crippen LogP contribution in [0.25, 0.3) is 11.0 Å². The van der Waals surface area contributed by atoms with Crippen LogP contribution in [0.4, 0.5) is 0 Å². The summed E-state index contributed by atoms with van der Waals surface area (Å²) in [6.45, 7) is 6.02. The van der Waals surface area contributed by atoms with E-state index in [4.69, 9.17) is 15.0 Å². The number of aryl methyl sites for hydroxylation is 1. The van der Waals surface area contributed by atoms with Gasteiger partial charge in [-0.3, -0.25) is 0 Å². The third-order valence-electron chi connectivity index (χ3n) is 4.02. The number of rotatable bonds is 3. The first-order valence-corrected chi connectivity index (χ1v) is 7.23. The summed E-state index contributed by atoms with van der Waals surface area (Å²) in [6, 6.07) is 7.90. The summed E-state index contributed by atoms with van der Waals surface area (Å²) in [7, 11) is 0. The smallest absolute Gasteiger partial charge is 0.141 e. The molecule has 3 rings (SSSR count). The molecule has 0 aliphatic carbocycles. The molecule has 1 unspecified atom stereocenters. The summed E-state index contributed by atoms with van der Waals surface area (Å²) in [6.07, 6.45) is 3.13. The maximum Gasteiger partial charge on any atom is 0.141 e. The minimum Gasteiger partial charge on any atom is -0.367 e. The summed E-state index contributed by atoms with van der Waals surface area (Å²) in [5, 5.41) is 9.03. The van der Waals surface area contributed by atoms with E-state index in [0.717, 1.165) is 49.3 Å². The van der Waals surface area contributed by atoms with Crippen molar-refractivity contribution in [2.45, 2.75) is 45.3 Å². The van der Waals surface area contributed by atoms with Gasteiger partial charge in [-0.2, -0.15) is 5.26 Å². The van der Waals surface area contributed by atoms with Crippen molar-refractivity contribution in [2.75, 3.05) is 6.61 Å². The van der Waals surface area contributed by atoms with Crippen molar-refractivity contribution in [3.8, 4) is 6.07 Å². The average Bonchev–Trinajstić information content (AvgIpc) is 3.04. The predicted octanol–water partition coefficient (Wildman–Crippen LogP) is 3.34. The van der Waals surface area contributed by atoms with Crippen LogP contribution in [0.5, 0.6) is 0 Å². The monoisotopic (exact) mass is 269 g/mol. The molecule has 1 atom stereocenters. The third-order valence-corrected chi connectivity index (χ3v) is 4.02. The number of ether oxygens (including phenoxy) is 1. The molecule has 0 amide bonds. The molecule has 1 fully saturated rings. The zero-order valence-corrected chi connectivity index (χ0v) is 12.0. The fourth-order valence-electron chi connectivity index (χ4n) is 3.01. The van der Waals surface area contributed by atoms with Crippen molar-refractivity contribution in [3.05, 3.63) is 29.6 Å². The molecule has 1 aliphatic rings. The van der Waals surface area contributed by atoms with Gasteiger partial charge in [0.2, 0.25) is 0 Å². The topological polar surface area (TPSA) is 50.8 Å². The minimum atomic E-state index is -0.291. The molecule has 0 radical (unpaired) electrons. The van der Waals surface area contributed by atoms with Crippen molar-refractivity contribution in [2.24, 2.45) is 0 Å². The lowest BCUT2D eigenvalue weighted by atomic mass is 10.0. The number of benzene rings is 1. The first-order chi connectivity index (χ1) is 9.68. The largest absolute Gasteiger partial charge is 0.367 e. The van der Waals surface area contributed by atoms with Gasteiger partial charge in [-0.1, -0.05) is 6.92 Å². The first kappa shape index (κ1) is 13.1. The highest BCUT2D eigenvalue weighted by atomic mass is 16.5. The second kappa shape index (κ2) is 4.92. The Morgan fingerprint density at radius 3 is 3.00 bits per heavy atom. The van der Waals surface area contributed by atoms with Crippen LogP contribution >= 0.6 is 0 Å². The van der Waals surface area contributed by atoms with E-state index < -0.39 is 0 Å². The Balaban J connectivity index is 2.20. The summed E-state index contributed by atoms with van der Waals surface area (Å²) in [5.41, 5.74) is 2.35. The lowest BCUT2D eigenvalue weighted by molar-refractivity contribution is 0.00687. The molecule has 1 aliphatic heterocycles. The fourth-order valence-corrected chi connectivity index (χ4v) is 3.01. The van der Waals surface area contributed by atoms with Crippen LogP contribution in [-0.4, -0.2) is 16.2 Å². The molecule has 0 bridgehead atoms. The van der Waals surface area contributed by atoms with Crippen LogP contribution in [0.15, 0.2) is 18.2 Å². The number of hydrogen-bond donors (Lipinski definition) is 0. The first-order valence-electron chi connectivity index (χ1n) is 7.23. The van der Waals surface area contributed by atoms with E-state index in [-0.39, 0.29) is 5.60 Å². The van der Waals surface area contributed by atoms with E-state index in [1.54, 1.807) is 0 Å². The van der Waals surface area contributed by atoms with E-state index in [1.807, 2.05) is 18.2 Å². The molecule has 1 saturated heterocycles. The Morgan fingerprint density at radius 1 is 1.50 bits per heavy atom. The SMILES string of the molecule is CCCn1c(C2(C)CCCO2)nc2cc(C#N)ccc21. The van der Waals surface area contributed by atoms with Crippen molar-refractivity contribution in [1.29, 1.82) is 5.26 Å². The standard InChI is InChI=1S/C16H19N3O/c1-3-8-19-14-6-5-12(11-17)10-13(14)18-15(19)16(2)7-4-9-20-16/h5-6,10H,3-4,7-9H2,1-2H3. The number of fused-ring (bicyclic) bond motifs is 1. The summed E-state index contributed by atoms with van der Waals surface area (Å²) in [5.74, 6) is 1.00. The van der Waals surface area contributed by atoms with E-state index >= 15 is 0 Å². The second-order valence-electron chi connectivity index (χ2n) is 5.59. The quantitative estimate of drug-likeness (QED) is 0.858. The normalized spacial score (nSPS) is 22.2. The lowest BCUT2D eigenvalue weighted by Gasteiger charge is -2.23. The Kier molecular flexibility index (Phi) is 3.23. The average molecular weight is 269 g/mol. The molecular weight excluding hydrogens is 250 g/mol. The summed E-state index contributed by atoms with van der Waals surface area (Å²) >= 11 is 0. The van der Waals surface area contributed by atoms with Gasteiger partial charge in [0.05, 0.1) is 22.7 Å².